The van der Waals surface area contributed by atoms with Crippen LogP contribution in [-0.2, 0) is 0 Å². The number of fused-ring (bicyclic) bond motifs is 1. The molecule has 1 heterocycles. The molecule has 1 saturated heterocycles. The van der Waals surface area contributed by atoms with Crippen LogP contribution in [0.1, 0.15) is 33.6 Å². The molecule has 2 rings (SSSR count). The van der Waals surface area contributed by atoms with Gasteiger partial charge in [0.1, 0.15) is 0 Å². The molecule has 0 amide bonds. The van der Waals surface area contributed by atoms with Crippen LogP contribution in [0.5, 0.6) is 0 Å². The molecule has 0 aromatic carbocycles. The molecule has 1 N–H and O–H groups in total. The minimum atomic E-state index is 0.601. The van der Waals surface area contributed by atoms with Crippen molar-refractivity contribution in [3.05, 3.63) is 0 Å². The van der Waals surface area contributed by atoms with Gasteiger partial charge in [0.25, 0.3) is 0 Å². The summed E-state index contributed by atoms with van der Waals surface area (Å²) in [5.41, 5.74) is 0.601. The van der Waals surface area contributed by atoms with E-state index in [1.54, 1.807) is 0 Å². The molecule has 10 heavy (non-hydrogen) atoms. The van der Waals surface area contributed by atoms with Crippen molar-refractivity contribution < 1.29 is 0 Å². The molecule has 0 spiro atoms. The van der Waals surface area contributed by atoms with E-state index in [9.17, 15) is 0 Å². The van der Waals surface area contributed by atoms with Crippen molar-refractivity contribution >= 4 is 0 Å². The van der Waals surface area contributed by atoms with Crippen LogP contribution in [0.3, 0.4) is 0 Å². The number of hydrogen-bond donors (Lipinski definition) is 1. The first-order valence-corrected chi connectivity index (χ1v) is 4.34. The predicted molar refractivity (Wildman–Crippen MR) is 42.9 cm³/mol. The molecule has 1 aliphatic carbocycles. The molecule has 1 nitrogen and oxygen atoms in total. The maximum atomic E-state index is 3.54. The fourth-order valence-corrected chi connectivity index (χ4v) is 2.62. The third-order valence-electron chi connectivity index (χ3n) is 2.99. The van der Waals surface area contributed by atoms with Gasteiger partial charge in [-0.25, -0.2) is 0 Å². The Kier molecular flexibility index (Phi) is 1.17. The second-order valence-electron chi connectivity index (χ2n) is 4.85. The van der Waals surface area contributed by atoms with Gasteiger partial charge in [-0.1, -0.05) is 20.8 Å². The predicted octanol–water partition coefficient (Wildman–Crippen LogP) is 1.78. The van der Waals surface area contributed by atoms with Gasteiger partial charge < -0.3 is 5.32 Å². The lowest BCUT2D eigenvalue weighted by atomic mass is 9.73. The van der Waals surface area contributed by atoms with Gasteiger partial charge in [-0.05, 0) is 24.2 Å². The Morgan fingerprint density at radius 3 is 2.60 bits per heavy atom. The quantitative estimate of drug-likeness (QED) is 0.508. The van der Waals surface area contributed by atoms with Gasteiger partial charge in [-0.2, -0.15) is 0 Å². The standard InChI is InChI=1S/C9H17N/c1-6-4-9(2,3)5-7-8(6)10-7/h6-8,10H,4-5H2,1-3H3/t6-,7?,8?/m1/s1. The first-order chi connectivity index (χ1) is 4.58. The highest BCUT2D eigenvalue weighted by atomic mass is 15.2. The van der Waals surface area contributed by atoms with Crippen LogP contribution in [-0.4, -0.2) is 12.1 Å². The van der Waals surface area contributed by atoms with Gasteiger partial charge in [0, 0.05) is 12.1 Å². The summed E-state index contributed by atoms with van der Waals surface area (Å²) in [5.74, 6) is 0.911. The van der Waals surface area contributed by atoms with E-state index >= 15 is 0 Å². The second-order valence-corrected chi connectivity index (χ2v) is 4.85. The Labute approximate surface area is 63.2 Å². The van der Waals surface area contributed by atoms with Crippen molar-refractivity contribution in [3.63, 3.8) is 0 Å². The Balaban J connectivity index is 2.06. The van der Waals surface area contributed by atoms with Crippen molar-refractivity contribution in [2.45, 2.75) is 45.7 Å². The zero-order valence-corrected chi connectivity index (χ0v) is 7.15. The van der Waals surface area contributed by atoms with E-state index in [1.807, 2.05) is 0 Å². The number of nitrogens with one attached hydrogen (secondary N) is 1. The Morgan fingerprint density at radius 1 is 1.30 bits per heavy atom. The molecular formula is C9H17N. The summed E-state index contributed by atoms with van der Waals surface area (Å²) in [6.07, 6.45) is 2.79. The smallest absolute Gasteiger partial charge is 0.0250 e. The highest BCUT2D eigenvalue weighted by molar-refractivity contribution is 5.07. The SMILES string of the molecule is C[C@@H]1CC(C)(C)CC2NC21. The summed E-state index contributed by atoms with van der Waals surface area (Å²) in [5, 5.41) is 3.54. The molecule has 1 aliphatic heterocycles. The summed E-state index contributed by atoms with van der Waals surface area (Å²) < 4.78 is 0. The summed E-state index contributed by atoms with van der Waals surface area (Å²) >= 11 is 0. The molecule has 58 valence electrons. The highest BCUT2D eigenvalue weighted by Crippen LogP contribution is 2.44. The minimum Gasteiger partial charge on any atom is -0.308 e. The zero-order valence-electron chi connectivity index (χ0n) is 7.15. The Morgan fingerprint density at radius 2 is 2.00 bits per heavy atom. The monoisotopic (exact) mass is 139 g/mol. The van der Waals surface area contributed by atoms with E-state index in [1.165, 1.54) is 12.8 Å². The third-order valence-corrected chi connectivity index (χ3v) is 2.99. The van der Waals surface area contributed by atoms with Crippen LogP contribution in [0.2, 0.25) is 0 Å². The lowest BCUT2D eigenvalue weighted by Gasteiger charge is -2.31. The molecule has 1 saturated carbocycles. The summed E-state index contributed by atoms with van der Waals surface area (Å²) in [7, 11) is 0. The van der Waals surface area contributed by atoms with E-state index in [2.05, 4.69) is 26.1 Å². The average Bonchev–Trinajstić information content (AvgIpc) is 2.40. The Bertz CT molecular complexity index is 151. The molecule has 2 unspecified atom stereocenters. The third kappa shape index (κ3) is 0.968. The molecule has 3 atom stereocenters. The largest absolute Gasteiger partial charge is 0.308 e. The Hall–Kier alpha value is -0.0400. The lowest BCUT2D eigenvalue weighted by molar-refractivity contribution is 0.221. The zero-order chi connectivity index (χ0) is 7.35. The minimum absolute atomic E-state index is 0.601. The summed E-state index contributed by atoms with van der Waals surface area (Å²) in [6, 6.07) is 1.76. The van der Waals surface area contributed by atoms with E-state index in [0.29, 0.717) is 5.41 Å². The van der Waals surface area contributed by atoms with Crippen molar-refractivity contribution in [1.29, 1.82) is 0 Å². The van der Waals surface area contributed by atoms with E-state index in [4.69, 9.17) is 0 Å². The van der Waals surface area contributed by atoms with Crippen molar-refractivity contribution in [1.82, 2.24) is 5.32 Å². The van der Waals surface area contributed by atoms with Crippen molar-refractivity contribution in [3.8, 4) is 0 Å². The van der Waals surface area contributed by atoms with Gasteiger partial charge in [-0.15, -0.1) is 0 Å². The van der Waals surface area contributed by atoms with Crippen LogP contribution >= 0.6 is 0 Å². The van der Waals surface area contributed by atoms with E-state index < -0.39 is 0 Å². The molecule has 0 aromatic rings. The van der Waals surface area contributed by atoms with E-state index in [-0.39, 0.29) is 0 Å². The van der Waals surface area contributed by atoms with Gasteiger partial charge in [0.2, 0.25) is 0 Å². The van der Waals surface area contributed by atoms with E-state index in [0.717, 1.165) is 18.0 Å². The van der Waals surface area contributed by atoms with Gasteiger partial charge in [0.15, 0.2) is 0 Å². The van der Waals surface area contributed by atoms with Crippen molar-refractivity contribution in [2.24, 2.45) is 11.3 Å². The van der Waals surface area contributed by atoms with Crippen molar-refractivity contribution in [2.75, 3.05) is 0 Å². The summed E-state index contributed by atoms with van der Waals surface area (Å²) in [4.78, 5) is 0. The molecule has 1 heteroatoms. The fourth-order valence-electron chi connectivity index (χ4n) is 2.62. The van der Waals surface area contributed by atoms with Gasteiger partial charge >= 0.3 is 0 Å². The highest BCUT2D eigenvalue weighted by Gasteiger charge is 2.48. The average molecular weight is 139 g/mol. The molecule has 2 aliphatic rings. The second kappa shape index (κ2) is 1.76. The number of rotatable bonds is 0. The maximum absolute atomic E-state index is 3.54. The topological polar surface area (TPSA) is 21.9 Å². The molecule has 2 fully saturated rings. The van der Waals surface area contributed by atoms with Crippen LogP contribution in [0, 0.1) is 11.3 Å². The number of hydrogen-bond acceptors (Lipinski definition) is 1. The molecule has 0 aromatic heterocycles. The van der Waals surface area contributed by atoms with Crippen LogP contribution in [0.25, 0.3) is 0 Å². The molecular weight excluding hydrogens is 122 g/mol. The van der Waals surface area contributed by atoms with Crippen LogP contribution < -0.4 is 5.32 Å². The first-order valence-electron chi connectivity index (χ1n) is 4.34. The molecule has 0 bridgehead atoms. The first kappa shape index (κ1) is 6.66. The fraction of sp³-hybridized carbons (Fsp3) is 1.00. The lowest BCUT2D eigenvalue weighted by Crippen LogP contribution is -2.27. The van der Waals surface area contributed by atoms with Crippen LogP contribution in [0.15, 0.2) is 0 Å². The molecule has 0 radical (unpaired) electrons. The van der Waals surface area contributed by atoms with Gasteiger partial charge in [-0.3, -0.25) is 0 Å². The summed E-state index contributed by atoms with van der Waals surface area (Å²) in [6.45, 7) is 7.15. The van der Waals surface area contributed by atoms with Crippen LogP contribution in [0.4, 0.5) is 0 Å². The maximum Gasteiger partial charge on any atom is 0.0250 e. The van der Waals surface area contributed by atoms with Gasteiger partial charge in [0.05, 0.1) is 0 Å². The normalized spacial score (nSPS) is 50.1.